The molecule has 7 heteroatoms. The number of carbonyl (C=O) groups is 1. The normalized spacial score (nSPS) is 11.0. The van der Waals surface area contributed by atoms with E-state index in [4.69, 9.17) is 11.6 Å². The van der Waals surface area contributed by atoms with Crippen molar-refractivity contribution in [1.82, 2.24) is 15.2 Å². The Kier molecular flexibility index (Phi) is 4.14. The molecule has 0 aliphatic rings. The molecule has 0 saturated carbocycles. The maximum Gasteiger partial charge on any atom is 0.272 e. The lowest BCUT2D eigenvalue weighted by Crippen LogP contribution is -2.18. The van der Waals surface area contributed by atoms with Crippen molar-refractivity contribution in [3.8, 4) is 0 Å². The lowest BCUT2D eigenvalue weighted by molar-refractivity contribution is 0.0955. The van der Waals surface area contributed by atoms with Crippen LogP contribution in [-0.2, 0) is 7.05 Å². The molecule has 0 aliphatic carbocycles. The maximum absolute atomic E-state index is 13.6. The van der Waals surface area contributed by atoms with Gasteiger partial charge in [-0.3, -0.25) is 4.79 Å². The molecular formula is C13H12ClFN4O. The lowest BCUT2D eigenvalue weighted by Gasteiger charge is -2.01. The molecule has 2 aromatic rings. The molecule has 104 valence electrons. The first kappa shape index (κ1) is 14.2. The third kappa shape index (κ3) is 2.85. The second-order valence-electron chi connectivity index (χ2n) is 4.09. The minimum Gasteiger partial charge on any atom is -0.267 e. The van der Waals surface area contributed by atoms with Gasteiger partial charge in [0.2, 0.25) is 5.95 Å². The van der Waals surface area contributed by atoms with Gasteiger partial charge in [0, 0.05) is 7.05 Å². The molecule has 0 unspecified atom stereocenters. The van der Waals surface area contributed by atoms with Crippen LogP contribution in [0.5, 0.6) is 0 Å². The number of hydrogen-bond acceptors (Lipinski definition) is 3. The fourth-order valence-corrected chi connectivity index (χ4v) is 1.88. The van der Waals surface area contributed by atoms with Gasteiger partial charge in [0.05, 0.1) is 28.1 Å². The van der Waals surface area contributed by atoms with Gasteiger partial charge >= 0.3 is 0 Å². The highest BCUT2D eigenvalue weighted by molar-refractivity contribution is 6.33. The van der Waals surface area contributed by atoms with Crippen LogP contribution in [0.15, 0.2) is 29.4 Å². The number of amides is 1. The molecule has 0 aliphatic heterocycles. The summed E-state index contributed by atoms with van der Waals surface area (Å²) >= 11 is 5.88. The minimum atomic E-state index is -0.516. The van der Waals surface area contributed by atoms with E-state index >= 15 is 0 Å². The molecule has 0 saturated heterocycles. The number of nitrogens with zero attached hydrogens (tertiary/aromatic N) is 3. The van der Waals surface area contributed by atoms with Crippen molar-refractivity contribution in [2.45, 2.75) is 6.92 Å². The van der Waals surface area contributed by atoms with E-state index in [-0.39, 0.29) is 5.56 Å². The van der Waals surface area contributed by atoms with Crippen LogP contribution in [0.2, 0.25) is 5.02 Å². The molecule has 0 atom stereocenters. The average Bonchev–Trinajstić information content (AvgIpc) is 2.65. The van der Waals surface area contributed by atoms with Crippen molar-refractivity contribution in [2.75, 3.05) is 0 Å². The summed E-state index contributed by atoms with van der Waals surface area (Å²) in [5.41, 5.74) is 3.31. The van der Waals surface area contributed by atoms with Gasteiger partial charge in [0.15, 0.2) is 0 Å². The fraction of sp³-hybridized carbons (Fsp3) is 0.154. The Morgan fingerprint density at radius 1 is 1.50 bits per heavy atom. The molecule has 5 nitrogen and oxygen atoms in total. The number of hydrogen-bond donors (Lipinski definition) is 1. The molecule has 20 heavy (non-hydrogen) atoms. The Balaban J connectivity index is 2.11. The lowest BCUT2D eigenvalue weighted by atomic mass is 10.2. The Morgan fingerprint density at radius 3 is 2.80 bits per heavy atom. The number of aryl methyl sites for hydroxylation is 2. The number of halogens is 2. The van der Waals surface area contributed by atoms with Gasteiger partial charge in [-0.1, -0.05) is 23.7 Å². The average molecular weight is 295 g/mol. The summed E-state index contributed by atoms with van der Waals surface area (Å²) in [6.45, 7) is 1.65. The van der Waals surface area contributed by atoms with Crippen LogP contribution < -0.4 is 5.43 Å². The van der Waals surface area contributed by atoms with E-state index in [1.54, 1.807) is 31.2 Å². The summed E-state index contributed by atoms with van der Waals surface area (Å²) in [7, 11) is 1.49. The summed E-state index contributed by atoms with van der Waals surface area (Å²) in [5, 5.41) is 7.94. The highest BCUT2D eigenvalue weighted by Gasteiger charge is 2.11. The van der Waals surface area contributed by atoms with Crippen molar-refractivity contribution in [2.24, 2.45) is 12.1 Å². The van der Waals surface area contributed by atoms with Crippen molar-refractivity contribution < 1.29 is 9.18 Å². The maximum atomic E-state index is 13.6. The smallest absolute Gasteiger partial charge is 0.267 e. The van der Waals surface area contributed by atoms with Gasteiger partial charge in [0.25, 0.3) is 5.91 Å². The van der Waals surface area contributed by atoms with E-state index in [2.05, 4.69) is 15.6 Å². The van der Waals surface area contributed by atoms with Crippen molar-refractivity contribution in [3.05, 3.63) is 52.1 Å². The molecule has 1 aromatic heterocycles. The van der Waals surface area contributed by atoms with Crippen LogP contribution in [0.3, 0.4) is 0 Å². The fourth-order valence-electron chi connectivity index (χ4n) is 1.65. The Hall–Kier alpha value is -2.21. The first-order chi connectivity index (χ1) is 9.50. The first-order valence-corrected chi connectivity index (χ1v) is 6.15. The quantitative estimate of drug-likeness (QED) is 0.697. The third-order valence-corrected chi connectivity index (χ3v) is 3.00. The molecule has 1 heterocycles. The van der Waals surface area contributed by atoms with Gasteiger partial charge in [0.1, 0.15) is 0 Å². The van der Waals surface area contributed by atoms with Gasteiger partial charge in [-0.25, -0.2) is 10.1 Å². The largest absolute Gasteiger partial charge is 0.272 e. The summed E-state index contributed by atoms with van der Waals surface area (Å²) < 4.78 is 14.7. The second kappa shape index (κ2) is 5.83. The number of aromatic nitrogens is 2. The van der Waals surface area contributed by atoms with Gasteiger partial charge in [-0.15, -0.1) is 0 Å². The summed E-state index contributed by atoms with van der Waals surface area (Å²) in [4.78, 5) is 11.8. The molecule has 0 fully saturated rings. The molecule has 2 rings (SSSR count). The molecular weight excluding hydrogens is 283 g/mol. The molecule has 0 spiro atoms. The number of nitrogens with one attached hydrogen (secondary N) is 1. The number of carbonyl (C=O) groups excluding carboxylic acids is 1. The van der Waals surface area contributed by atoms with Gasteiger partial charge < -0.3 is 0 Å². The highest BCUT2D eigenvalue weighted by atomic mass is 35.5. The monoisotopic (exact) mass is 294 g/mol. The molecule has 1 aromatic carbocycles. The molecule has 0 radical (unpaired) electrons. The topological polar surface area (TPSA) is 59.3 Å². The van der Waals surface area contributed by atoms with Gasteiger partial charge in [-0.05, 0) is 19.1 Å². The Bertz CT molecular complexity index is 681. The number of benzene rings is 1. The SMILES string of the molecule is Cc1nn(C)c(F)c1C=NNC(=O)c1ccccc1Cl. The van der Waals surface area contributed by atoms with Gasteiger partial charge in [-0.2, -0.15) is 14.6 Å². The number of rotatable bonds is 3. The zero-order valence-electron chi connectivity index (χ0n) is 10.9. The second-order valence-corrected chi connectivity index (χ2v) is 4.50. The zero-order valence-corrected chi connectivity index (χ0v) is 11.6. The molecule has 0 bridgehead atoms. The van der Waals surface area contributed by atoms with Crippen molar-refractivity contribution in [3.63, 3.8) is 0 Å². The molecule has 1 N–H and O–H groups in total. The van der Waals surface area contributed by atoms with Crippen LogP contribution in [0, 0.1) is 12.9 Å². The van der Waals surface area contributed by atoms with Crippen LogP contribution in [0.4, 0.5) is 4.39 Å². The van der Waals surface area contributed by atoms with E-state index in [1.807, 2.05) is 0 Å². The summed E-state index contributed by atoms with van der Waals surface area (Å²) in [5.74, 6) is -0.980. The van der Waals surface area contributed by atoms with Crippen LogP contribution in [-0.4, -0.2) is 21.9 Å². The highest BCUT2D eigenvalue weighted by Crippen LogP contribution is 2.14. The Morgan fingerprint density at radius 2 is 2.20 bits per heavy atom. The molecule has 1 amide bonds. The third-order valence-electron chi connectivity index (χ3n) is 2.67. The van der Waals surface area contributed by atoms with Crippen LogP contribution >= 0.6 is 11.6 Å². The van der Waals surface area contributed by atoms with Crippen molar-refractivity contribution >= 4 is 23.7 Å². The first-order valence-electron chi connectivity index (χ1n) is 5.77. The van der Waals surface area contributed by atoms with E-state index in [9.17, 15) is 9.18 Å². The predicted octanol–water partition coefficient (Wildman–Crippen LogP) is 2.28. The van der Waals surface area contributed by atoms with Crippen LogP contribution in [0.1, 0.15) is 21.6 Å². The van der Waals surface area contributed by atoms with E-state index in [0.29, 0.717) is 16.3 Å². The predicted molar refractivity (Wildman–Crippen MR) is 74.4 cm³/mol. The standard InChI is InChI=1S/C13H12ClFN4O/c1-8-10(12(15)19(2)18-8)7-16-17-13(20)9-5-3-4-6-11(9)14/h3-7H,1-2H3,(H,17,20). The minimum absolute atomic E-state index is 0.229. The zero-order chi connectivity index (χ0) is 14.7. The van der Waals surface area contributed by atoms with E-state index in [1.165, 1.54) is 13.3 Å². The Labute approximate surface area is 120 Å². The van der Waals surface area contributed by atoms with E-state index < -0.39 is 11.9 Å². The summed E-state index contributed by atoms with van der Waals surface area (Å²) in [6, 6.07) is 6.58. The number of hydrazone groups is 1. The van der Waals surface area contributed by atoms with E-state index in [0.717, 1.165) is 4.68 Å². The summed E-state index contributed by atoms with van der Waals surface area (Å²) in [6.07, 6.45) is 1.21. The van der Waals surface area contributed by atoms with Crippen LogP contribution in [0.25, 0.3) is 0 Å². The van der Waals surface area contributed by atoms with Crippen molar-refractivity contribution in [1.29, 1.82) is 0 Å².